The lowest BCUT2D eigenvalue weighted by Gasteiger charge is -2.32. The largest absolute Gasteiger partial charge is 0.493 e. The van der Waals surface area contributed by atoms with Crippen molar-refractivity contribution in [1.82, 2.24) is 24.1 Å². The highest BCUT2D eigenvalue weighted by atomic mass is 16.6. The molecule has 0 saturated carbocycles. The van der Waals surface area contributed by atoms with Gasteiger partial charge in [0, 0.05) is 73.9 Å². The van der Waals surface area contributed by atoms with Crippen LogP contribution < -0.4 is 4.74 Å². The molecule has 3 heterocycles. The zero-order valence-electron chi connectivity index (χ0n) is 29.1. The molecule has 0 unspecified atom stereocenters. The van der Waals surface area contributed by atoms with E-state index in [0.717, 1.165) is 94.6 Å². The lowest BCUT2D eigenvalue weighted by molar-refractivity contribution is 0.00560. The zero-order valence-corrected chi connectivity index (χ0v) is 29.1. The van der Waals surface area contributed by atoms with E-state index in [9.17, 15) is 4.79 Å². The number of likely N-dealkylation sites (N-methyl/N-ethyl adjacent to an activating group) is 1. The van der Waals surface area contributed by atoms with Gasteiger partial charge in [-0.3, -0.25) is 9.58 Å². The smallest absolute Gasteiger partial charge is 0.355 e. The maximum absolute atomic E-state index is 14.2. The number of benzene rings is 3. The third-order valence-electron chi connectivity index (χ3n) is 9.37. The highest BCUT2D eigenvalue weighted by Gasteiger charge is 2.30. The molecule has 0 amide bonds. The van der Waals surface area contributed by atoms with E-state index in [1.165, 1.54) is 0 Å². The predicted octanol–water partition coefficient (Wildman–Crippen LogP) is 7.03. The summed E-state index contributed by atoms with van der Waals surface area (Å²) >= 11 is 0. The van der Waals surface area contributed by atoms with Gasteiger partial charge in [-0.15, -0.1) is 0 Å². The van der Waals surface area contributed by atoms with Gasteiger partial charge in [-0.05, 0) is 71.5 Å². The molecule has 8 nitrogen and oxygen atoms in total. The summed E-state index contributed by atoms with van der Waals surface area (Å²) in [5.41, 5.74) is 6.44. The summed E-state index contributed by atoms with van der Waals surface area (Å²) < 4.78 is 16.7. The normalized spacial score (nSPS) is 14.7. The van der Waals surface area contributed by atoms with Crippen molar-refractivity contribution in [2.75, 3.05) is 46.4 Å². The molecule has 0 N–H and O–H groups in total. The van der Waals surface area contributed by atoms with E-state index in [2.05, 4.69) is 71.7 Å². The van der Waals surface area contributed by atoms with Crippen LogP contribution in [0.15, 0.2) is 60.7 Å². The average molecular weight is 636 g/mol. The molecule has 1 aliphatic rings. The Labute approximate surface area is 278 Å². The number of carbonyl (C=O) groups is 1. The number of piperazine rings is 1. The number of hydrogen-bond donors (Lipinski definition) is 0. The Kier molecular flexibility index (Phi) is 9.44. The third kappa shape index (κ3) is 6.94. The lowest BCUT2D eigenvalue weighted by atomic mass is 9.98. The van der Waals surface area contributed by atoms with Crippen molar-refractivity contribution in [2.24, 2.45) is 7.05 Å². The maximum atomic E-state index is 14.2. The molecule has 5 aromatic rings. The van der Waals surface area contributed by atoms with Gasteiger partial charge >= 0.3 is 5.97 Å². The molecule has 3 aromatic carbocycles. The van der Waals surface area contributed by atoms with E-state index in [1.807, 2.05) is 56.8 Å². The molecule has 6 rings (SSSR count). The number of ether oxygens (including phenoxy) is 2. The second kappa shape index (κ2) is 13.5. The van der Waals surface area contributed by atoms with Crippen molar-refractivity contribution in [3.63, 3.8) is 0 Å². The monoisotopic (exact) mass is 635 g/mol. The van der Waals surface area contributed by atoms with Crippen molar-refractivity contribution >= 4 is 27.6 Å². The number of rotatable bonds is 10. The second-order valence-electron chi connectivity index (χ2n) is 13.9. The number of para-hydroxylation sites is 1. The third-order valence-corrected chi connectivity index (χ3v) is 9.37. The van der Waals surface area contributed by atoms with Crippen LogP contribution in [0.3, 0.4) is 0 Å². The van der Waals surface area contributed by atoms with Crippen molar-refractivity contribution in [3.8, 4) is 16.9 Å². The number of aryl methyl sites for hydroxylation is 3. The number of fused-ring (bicyclic) bond motifs is 2. The first-order valence-electron chi connectivity index (χ1n) is 16.9. The minimum Gasteiger partial charge on any atom is -0.493 e. The van der Waals surface area contributed by atoms with Gasteiger partial charge in [-0.1, -0.05) is 54.6 Å². The minimum atomic E-state index is -0.621. The second-order valence-corrected chi connectivity index (χ2v) is 13.9. The first-order chi connectivity index (χ1) is 22.5. The van der Waals surface area contributed by atoms with Crippen LogP contribution in [0.2, 0.25) is 0 Å². The van der Waals surface area contributed by atoms with Crippen LogP contribution in [-0.2, 0) is 24.8 Å². The van der Waals surface area contributed by atoms with Gasteiger partial charge in [0.25, 0.3) is 0 Å². The molecule has 8 heteroatoms. The van der Waals surface area contributed by atoms with Crippen LogP contribution in [0.4, 0.5) is 0 Å². The summed E-state index contributed by atoms with van der Waals surface area (Å²) in [4.78, 5) is 19.1. The highest BCUT2D eigenvalue weighted by molar-refractivity contribution is 6.05. The average Bonchev–Trinajstić information content (AvgIpc) is 3.49. The Morgan fingerprint density at radius 2 is 1.57 bits per heavy atom. The van der Waals surface area contributed by atoms with E-state index in [-0.39, 0.29) is 5.97 Å². The first kappa shape index (κ1) is 32.8. The Morgan fingerprint density at radius 1 is 0.872 bits per heavy atom. The van der Waals surface area contributed by atoms with E-state index < -0.39 is 5.60 Å². The Morgan fingerprint density at radius 3 is 2.30 bits per heavy atom. The molecule has 47 heavy (non-hydrogen) atoms. The number of hydrogen-bond acceptors (Lipinski definition) is 6. The van der Waals surface area contributed by atoms with E-state index in [4.69, 9.17) is 14.6 Å². The van der Waals surface area contributed by atoms with Crippen molar-refractivity contribution in [3.05, 3.63) is 83.3 Å². The molecule has 0 aliphatic carbocycles. The lowest BCUT2D eigenvalue weighted by Crippen LogP contribution is -2.45. The quantitative estimate of drug-likeness (QED) is 0.121. The number of nitrogens with zero attached hydrogens (tertiary/aromatic N) is 5. The van der Waals surface area contributed by atoms with Crippen LogP contribution in [0.5, 0.6) is 5.75 Å². The molecule has 0 spiro atoms. The van der Waals surface area contributed by atoms with Gasteiger partial charge in [-0.25, -0.2) is 4.79 Å². The molecule has 0 bridgehead atoms. The molecular weight excluding hydrogens is 586 g/mol. The summed E-state index contributed by atoms with van der Waals surface area (Å²) in [6, 6.07) is 20.9. The maximum Gasteiger partial charge on any atom is 0.355 e. The highest BCUT2D eigenvalue weighted by Crippen LogP contribution is 2.38. The zero-order chi connectivity index (χ0) is 33.3. The number of aromatic nitrogens is 3. The van der Waals surface area contributed by atoms with Gasteiger partial charge < -0.3 is 18.9 Å². The molecule has 248 valence electrons. The minimum absolute atomic E-state index is 0.275. The summed E-state index contributed by atoms with van der Waals surface area (Å²) in [6.45, 7) is 16.2. The Hall–Kier alpha value is -4.14. The number of esters is 1. The summed E-state index contributed by atoms with van der Waals surface area (Å²) in [5, 5.41) is 8.12. The van der Waals surface area contributed by atoms with E-state index in [1.54, 1.807) is 0 Å². The van der Waals surface area contributed by atoms with Crippen LogP contribution in [0.1, 0.15) is 54.6 Å². The molecule has 1 saturated heterocycles. The van der Waals surface area contributed by atoms with E-state index >= 15 is 0 Å². The standard InChI is InChI=1S/C39H49N5O3/c1-27-35(28(2)42(7)40-27)33-17-11-16-31-32(18-12-26-46-34-19-10-14-29-13-8-9-15-30(29)34)37(38(45)47-39(3,4)5)44(36(31)33)25-24-43-22-20-41(6)21-23-43/h8-11,13-17,19H,12,18,20-26H2,1-7H3. The van der Waals surface area contributed by atoms with Gasteiger partial charge in [0.1, 0.15) is 17.0 Å². The molecular formula is C39H49N5O3. The fraction of sp³-hybridized carbons (Fsp3) is 0.436. The van der Waals surface area contributed by atoms with Crippen LogP contribution in [0, 0.1) is 13.8 Å². The Bertz CT molecular complexity index is 1880. The summed E-state index contributed by atoms with van der Waals surface area (Å²) in [6.07, 6.45) is 1.44. The fourth-order valence-corrected chi connectivity index (χ4v) is 6.95. The molecule has 0 atom stereocenters. The molecule has 2 aromatic heterocycles. The van der Waals surface area contributed by atoms with Gasteiger partial charge in [-0.2, -0.15) is 5.10 Å². The van der Waals surface area contributed by atoms with Crippen LogP contribution in [0.25, 0.3) is 32.8 Å². The molecule has 0 radical (unpaired) electrons. The summed E-state index contributed by atoms with van der Waals surface area (Å²) in [7, 11) is 4.17. The topological polar surface area (TPSA) is 64.8 Å². The van der Waals surface area contributed by atoms with Gasteiger partial charge in [0.05, 0.1) is 17.8 Å². The first-order valence-corrected chi connectivity index (χ1v) is 16.9. The Balaban J connectivity index is 1.42. The number of carbonyl (C=O) groups excluding carboxylic acids is 1. The van der Waals surface area contributed by atoms with Crippen LogP contribution in [-0.4, -0.2) is 82.1 Å². The van der Waals surface area contributed by atoms with E-state index in [0.29, 0.717) is 25.3 Å². The van der Waals surface area contributed by atoms with Gasteiger partial charge in [0.2, 0.25) is 0 Å². The molecule has 1 aliphatic heterocycles. The van der Waals surface area contributed by atoms with Gasteiger partial charge in [0.15, 0.2) is 0 Å². The predicted molar refractivity (Wildman–Crippen MR) is 190 cm³/mol. The van der Waals surface area contributed by atoms with Crippen molar-refractivity contribution in [2.45, 2.75) is 59.6 Å². The van der Waals surface area contributed by atoms with Crippen LogP contribution >= 0.6 is 0 Å². The van der Waals surface area contributed by atoms with Crippen molar-refractivity contribution < 1.29 is 14.3 Å². The molecule has 1 fully saturated rings. The summed E-state index contributed by atoms with van der Waals surface area (Å²) in [5.74, 6) is 0.609. The fourth-order valence-electron chi connectivity index (χ4n) is 6.95. The van der Waals surface area contributed by atoms with Crippen molar-refractivity contribution in [1.29, 1.82) is 0 Å². The SMILES string of the molecule is Cc1nn(C)c(C)c1-c1cccc2c(CCCOc3cccc4ccccc34)c(C(=O)OC(C)(C)C)n(CCN3CCN(C)CC3)c12.